The standard InChI is InChI=1S/C12H8BrClN4/c13-11-6-5-10-12(15-7-16-18(10)11)17-9-3-1-8(14)2-4-9/h1-7H,(H,15,16,17). The van der Waals surface area contributed by atoms with Crippen LogP contribution in [0.1, 0.15) is 0 Å². The van der Waals surface area contributed by atoms with Crippen LogP contribution in [-0.2, 0) is 0 Å². The first-order valence-corrected chi connectivity index (χ1v) is 6.42. The molecule has 0 atom stereocenters. The van der Waals surface area contributed by atoms with Gasteiger partial charge in [-0.05, 0) is 52.3 Å². The Hall–Kier alpha value is -1.59. The normalized spacial score (nSPS) is 10.8. The van der Waals surface area contributed by atoms with Gasteiger partial charge in [0.05, 0.1) is 0 Å². The average molecular weight is 324 g/mol. The van der Waals surface area contributed by atoms with Crippen molar-refractivity contribution in [2.24, 2.45) is 0 Å². The maximum Gasteiger partial charge on any atom is 0.158 e. The molecule has 0 aliphatic heterocycles. The fraction of sp³-hybridized carbons (Fsp3) is 0. The van der Waals surface area contributed by atoms with E-state index < -0.39 is 0 Å². The maximum atomic E-state index is 5.85. The Balaban J connectivity index is 2.02. The summed E-state index contributed by atoms with van der Waals surface area (Å²) in [5.41, 5.74) is 1.83. The van der Waals surface area contributed by atoms with Gasteiger partial charge in [-0.2, -0.15) is 5.10 Å². The zero-order chi connectivity index (χ0) is 12.5. The predicted molar refractivity (Wildman–Crippen MR) is 75.4 cm³/mol. The molecule has 4 nitrogen and oxygen atoms in total. The molecule has 0 aliphatic rings. The molecule has 3 rings (SSSR count). The van der Waals surface area contributed by atoms with Gasteiger partial charge in [0.2, 0.25) is 0 Å². The van der Waals surface area contributed by atoms with Crippen LogP contribution in [0.3, 0.4) is 0 Å². The van der Waals surface area contributed by atoms with Crippen molar-refractivity contribution < 1.29 is 0 Å². The number of aromatic nitrogens is 3. The van der Waals surface area contributed by atoms with E-state index in [1.807, 2.05) is 36.4 Å². The van der Waals surface area contributed by atoms with E-state index in [4.69, 9.17) is 11.6 Å². The number of nitrogens with one attached hydrogen (secondary N) is 1. The lowest BCUT2D eigenvalue weighted by molar-refractivity contribution is 0.888. The summed E-state index contributed by atoms with van der Waals surface area (Å²) in [5.74, 6) is 0.748. The van der Waals surface area contributed by atoms with Gasteiger partial charge >= 0.3 is 0 Å². The monoisotopic (exact) mass is 322 g/mol. The summed E-state index contributed by atoms with van der Waals surface area (Å²) in [4.78, 5) is 4.24. The number of benzene rings is 1. The van der Waals surface area contributed by atoms with Crippen molar-refractivity contribution in [3.8, 4) is 0 Å². The minimum Gasteiger partial charge on any atom is -0.338 e. The second kappa shape index (κ2) is 4.59. The number of halogens is 2. The summed E-state index contributed by atoms with van der Waals surface area (Å²) in [6.07, 6.45) is 1.51. The Morgan fingerprint density at radius 3 is 2.67 bits per heavy atom. The van der Waals surface area contributed by atoms with Gasteiger partial charge in [0.25, 0.3) is 0 Å². The van der Waals surface area contributed by atoms with Crippen LogP contribution in [0.15, 0.2) is 47.3 Å². The molecule has 2 heterocycles. The third-order valence-corrected chi connectivity index (χ3v) is 3.37. The molecule has 0 saturated carbocycles. The SMILES string of the molecule is Clc1ccc(Nc2ncnn3c(Br)ccc23)cc1. The molecule has 0 saturated heterocycles. The smallest absolute Gasteiger partial charge is 0.158 e. The van der Waals surface area contributed by atoms with E-state index in [0.717, 1.165) is 21.6 Å². The molecular formula is C12H8BrClN4. The average Bonchev–Trinajstić information content (AvgIpc) is 2.76. The molecule has 1 aromatic carbocycles. The highest BCUT2D eigenvalue weighted by Crippen LogP contribution is 2.23. The van der Waals surface area contributed by atoms with E-state index in [0.29, 0.717) is 5.02 Å². The largest absolute Gasteiger partial charge is 0.338 e. The lowest BCUT2D eigenvalue weighted by Crippen LogP contribution is -1.99. The Labute approximate surface area is 117 Å². The fourth-order valence-electron chi connectivity index (χ4n) is 1.67. The van der Waals surface area contributed by atoms with Crippen LogP contribution in [0.5, 0.6) is 0 Å². The highest BCUT2D eigenvalue weighted by Gasteiger charge is 2.06. The Morgan fingerprint density at radius 2 is 1.89 bits per heavy atom. The Kier molecular flexibility index (Phi) is 2.93. The molecule has 3 aromatic rings. The van der Waals surface area contributed by atoms with Crippen LogP contribution in [0.2, 0.25) is 5.02 Å². The molecule has 0 bridgehead atoms. The fourth-order valence-corrected chi connectivity index (χ4v) is 2.21. The zero-order valence-electron chi connectivity index (χ0n) is 9.14. The van der Waals surface area contributed by atoms with Crippen molar-refractivity contribution in [1.29, 1.82) is 0 Å². The van der Waals surface area contributed by atoms with Crippen LogP contribution < -0.4 is 5.32 Å². The molecule has 0 unspecified atom stereocenters. The second-order valence-corrected chi connectivity index (χ2v) is 4.94. The number of hydrogen-bond donors (Lipinski definition) is 1. The van der Waals surface area contributed by atoms with Crippen molar-refractivity contribution in [2.75, 3.05) is 5.32 Å². The summed E-state index contributed by atoms with van der Waals surface area (Å²) in [7, 11) is 0. The molecule has 0 fully saturated rings. The van der Waals surface area contributed by atoms with Crippen LogP contribution in [0.25, 0.3) is 5.52 Å². The summed E-state index contributed by atoms with van der Waals surface area (Å²) < 4.78 is 2.66. The van der Waals surface area contributed by atoms with Crippen LogP contribution in [0, 0.1) is 0 Å². The summed E-state index contributed by atoms with van der Waals surface area (Å²) in [6, 6.07) is 11.3. The summed E-state index contributed by atoms with van der Waals surface area (Å²) in [6.45, 7) is 0. The molecule has 2 aromatic heterocycles. The minimum atomic E-state index is 0.707. The van der Waals surface area contributed by atoms with Gasteiger partial charge in [-0.1, -0.05) is 11.6 Å². The number of anilines is 2. The first-order valence-electron chi connectivity index (χ1n) is 5.25. The number of hydrogen-bond acceptors (Lipinski definition) is 3. The Bertz CT molecular complexity index is 693. The zero-order valence-corrected chi connectivity index (χ0v) is 11.5. The quantitative estimate of drug-likeness (QED) is 0.778. The lowest BCUT2D eigenvalue weighted by Gasteiger charge is -2.07. The molecule has 0 radical (unpaired) electrons. The van der Waals surface area contributed by atoms with Gasteiger partial charge in [0, 0.05) is 10.7 Å². The first-order chi connectivity index (χ1) is 8.74. The van der Waals surface area contributed by atoms with Crippen LogP contribution in [-0.4, -0.2) is 14.6 Å². The topological polar surface area (TPSA) is 42.2 Å². The minimum absolute atomic E-state index is 0.707. The summed E-state index contributed by atoms with van der Waals surface area (Å²) >= 11 is 9.27. The first kappa shape index (κ1) is 11.5. The lowest BCUT2D eigenvalue weighted by atomic mass is 10.3. The van der Waals surface area contributed by atoms with Crippen molar-refractivity contribution in [1.82, 2.24) is 14.6 Å². The van der Waals surface area contributed by atoms with Gasteiger partial charge in [0.1, 0.15) is 16.4 Å². The van der Waals surface area contributed by atoms with E-state index in [1.54, 1.807) is 4.52 Å². The molecule has 18 heavy (non-hydrogen) atoms. The van der Waals surface area contributed by atoms with E-state index in [-0.39, 0.29) is 0 Å². The molecule has 0 amide bonds. The van der Waals surface area contributed by atoms with Crippen LogP contribution in [0.4, 0.5) is 11.5 Å². The number of nitrogens with zero attached hydrogens (tertiary/aromatic N) is 3. The molecule has 0 aliphatic carbocycles. The van der Waals surface area contributed by atoms with Gasteiger partial charge in [0.15, 0.2) is 5.82 Å². The van der Waals surface area contributed by atoms with E-state index in [9.17, 15) is 0 Å². The molecular weight excluding hydrogens is 316 g/mol. The molecule has 0 spiro atoms. The van der Waals surface area contributed by atoms with Gasteiger partial charge < -0.3 is 5.32 Å². The van der Waals surface area contributed by atoms with Gasteiger partial charge in [-0.15, -0.1) is 0 Å². The van der Waals surface area contributed by atoms with Gasteiger partial charge in [-0.25, -0.2) is 9.50 Å². The molecule has 90 valence electrons. The highest BCUT2D eigenvalue weighted by atomic mass is 79.9. The summed E-state index contributed by atoms with van der Waals surface area (Å²) in [5, 5.41) is 8.10. The molecule has 6 heteroatoms. The van der Waals surface area contributed by atoms with E-state index in [2.05, 4.69) is 31.3 Å². The van der Waals surface area contributed by atoms with Crippen molar-refractivity contribution in [3.05, 3.63) is 52.4 Å². The third-order valence-electron chi connectivity index (χ3n) is 2.51. The Morgan fingerprint density at radius 1 is 1.11 bits per heavy atom. The predicted octanol–water partition coefficient (Wildman–Crippen LogP) is 3.89. The highest BCUT2D eigenvalue weighted by molar-refractivity contribution is 9.10. The molecule has 1 N–H and O–H groups in total. The number of rotatable bonds is 2. The number of fused-ring (bicyclic) bond motifs is 1. The van der Waals surface area contributed by atoms with Gasteiger partial charge in [-0.3, -0.25) is 0 Å². The van der Waals surface area contributed by atoms with E-state index >= 15 is 0 Å². The third kappa shape index (κ3) is 2.07. The van der Waals surface area contributed by atoms with Crippen molar-refractivity contribution in [3.63, 3.8) is 0 Å². The van der Waals surface area contributed by atoms with Crippen molar-refractivity contribution in [2.45, 2.75) is 0 Å². The maximum absolute atomic E-state index is 5.85. The van der Waals surface area contributed by atoms with Crippen molar-refractivity contribution >= 4 is 44.6 Å². The second-order valence-electron chi connectivity index (χ2n) is 3.69. The van der Waals surface area contributed by atoms with Crippen LogP contribution >= 0.6 is 27.5 Å². The van der Waals surface area contributed by atoms with E-state index in [1.165, 1.54) is 6.33 Å².